The van der Waals surface area contributed by atoms with E-state index >= 15 is 0 Å². The number of carbonyl (C=O) groups is 1. The molecular weight excluding hydrogens is 615 g/mol. The number of nitrogens with one attached hydrogen (secondary N) is 1. The van der Waals surface area contributed by atoms with Crippen molar-refractivity contribution in [2.45, 2.75) is 206 Å². The molecule has 0 bridgehead atoms. The average Bonchev–Trinajstić information content (AvgIpc) is 3.12. The quantitative estimate of drug-likeness (QED) is 0.0447. The van der Waals surface area contributed by atoms with Gasteiger partial charge in [-0.05, 0) is 77.0 Å². The Bertz CT molecular complexity index is 884. The number of aliphatic hydroxyl groups excluding tert-OH is 2. The van der Waals surface area contributed by atoms with Crippen LogP contribution >= 0.6 is 0 Å². The first-order chi connectivity index (χ1) is 24.7. The predicted molar refractivity (Wildman–Crippen MR) is 220 cm³/mol. The van der Waals surface area contributed by atoms with Gasteiger partial charge >= 0.3 is 0 Å². The molecule has 2 unspecified atom stereocenters. The van der Waals surface area contributed by atoms with E-state index in [9.17, 15) is 15.0 Å². The topological polar surface area (TPSA) is 69.6 Å². The molecule has 0 saturated carbocycles. The van der Waals surface area contributed by atoms with Crippen molar-refractivity contribution in [2.75, 3.05) is 6.61 Å². The van der Waals surface area contributed by atoms with Gasteiger partial charge in [0.2, 0.25) is 5.91 Å². The Morgan fingerprint density at radius 2 is 0.900 bits per heavy atom. The summed E-state index contributed by atoms with van der Waals surface area (Å²) in [5.41, 5.74) is 0. The molecule has 0 aromatic heterocycles. The normalized spacial score (nSPS) is 13.8. The second-order valence-electron chi connectivity index (χ2n) is 14.0. The fourth-order valence-corrected chi connectivity index (χ4v) is 5.93. The molecular formula is C46H81NO3. The van der Waals surface area contributed by atoms with Gasteiger partial charge in [0.1, 0.15) is 0 Å². The second-order valence-corrected chi connectivity index (χ2v) is 14.0. The lowest BCUT2D eigenvalue weighted by Crippen LogP contribution is -2.45. The van der Waals surface area contributed by atoms with Gasteiger partial charge in [-0.3, -0.25) is 4.79 Å². The maximum Gasteiger partial charge on any atom is 0.220 e. The summed E-state index contributed by atoms with van der Waals surface area (Å²) in [6.45, 7) is 4.16. The molecule has 0 aliphatic heterocycles. The fourth-order valence-electron chi connectivity index (χ4n) is 5.93. The molecule has 50 heavy (non-hydrogen) atoms. The Labute approximate surface area is 310 Å². The summed E-state index contributed by atoms with van der Waals surface area (Å²) in [7, 11) is 0. The summed E-state index contributed by atoms with van der Waals surface area (Å²) in [5.74, 6) is -0.0981. The third-order valence-corrected chi connectivity index (χ3v) is 9.15. The van der Waals surface area contributed by atoms with E-state index in [0.717, 1.165) is 70.6 Å². The van der Waals surface area contributed by atoms with Gasteiger partial charge in [-0.2, -0.15) is 0 Å². The highest BCUT2D eigenvalue weighted by Gasteiger charge is 2.17. The lowest BCUT2D eigenvalue weighted by Gasteiger charge is -2.19. The Balaban J connectivity index is 3.69. The number of carbonyl (C=O) groups excluding carboxylic acids is 1. The van der Waals surface area contributed by atoms with E-state index in [4.69, 9.17) is 0 Å². The molecule has 0 fully saturated rings. The number of amides is 1. The van der Waals surface area contributed by atoms with E-state index in [-0.39, 0.29) is 12.5 Å². The largest absolute Gasteiger partial charge is 0.394 e. The summed E-state index contributed by atoms with van der Waals surface area (Å²) in [5, 5.41) is 22.9. The predicted octanol–water partition coefficient (Wildman–Crippen LogP) is 13.1. The zero-order valence-corrected chi connectivity index (χ0v) is 32.9. The van der Waals surface area contributed by atoms with E-state index in [2.05, 4.69) is 79.9 Å². The van der Waals surface area contributed by atoms with Crippen LogP contribution in [0.2, 0.25) is 0 Å². The molecule has 3 N–H and O–H groups in total. The maximum absolute atomic E-state index is 12.3. The zero-order chi connectivity index (χ0) is 36.4. The van der Waals surface area contributed by atoms with Crippen LogP contribution in [0.15, 0.2) is 72.9 Å². The van der Waals surface area contributed by atoms with Crippen LogP contribution in [0.5, 0.6) is 0 Å². The van der Waals surface area contributed by atoms with Gasteiger partial charge in [0.25, 0.3) is 0 Å². The molecule has 0 aliphatic carbocycles. The molecule has 4 nitrogen and oxygen atoms in total. The number of allylic oxidation sites excluding steroid dienone is 11. The number of aliphatic hydroxyl groups is 2. The van der Waals surface area contributed by atoms with E-state index in [1.54, 1.807) is 6.08 Å². The monoisotopic (exact) mass is 696 g/mol. The van der Waals surface area contributed by atoms with Gasteiger partial charge < -0.3 is 15.5 Å². The van der Waals surface area contributed by atoms with Crippen molar-refractivity contribution in [1.29, 1.82) is 0 Å². The van der Waals surface area contributed by atoms with E-state index in [1.807, 2.05) is 6.08 Å². The first-order valence-corrected chi connectivity index (χ1v) is 21.2. The van der Waals surface area contributed by atoms with Crippen molar-refractivity contribution in [2.24, 2.45) is 0 Å². The van der Waals surface area contributed by atoms with E-state index in [0.29, 0.717) is 6.42 Å². The van der Waals surface area contributed by atoms with Gasteiger partial charge in [-0.15, -0.1) is 0 Å². The van der Waals surface area contributed by atoms with Gasteiger partial charge in [0.05, 0.1) is 18.8 Å². The summed E-state index contributed by atoms with van der Waals surface area (Å²) in [6, 6.07) is -0.657. The molecule has 0 aromatic carbocycles. The minimum Gasteiger partial charge on any atom is -0.394 e. The highest BCUT2D eigenvalue weighted by molar-refractivity contribution is 5.76. The first kappa shape index (κ1) is 47.8. The van der Waals surface area contributed by atoms with E-state index < -0.39 is 12.1 Å². The van der Waals surface area contributed by atoms with Crippen molar-refractivity contribution in [3.05, 3.63) is 72.9 Å². The number of rotatable bonds is 37. The summed E-state index contributed by atoms with van der Waals surface area (Å²) < 4.78 is 0. The zero-order valence-electron chi connectivity index (χ0n) is 32.9. The number of hydrogen-bond donors (Lipinski definition) is 3. The molecule has 0 spiro atoms. The van der Waals surface area contributed by atoms with Crippen LogP contribution in [0.3, 0.4) is 0 Å². The van der Waals surface area contributed by atoms with Crippen LogP contribution in [0.4, 0.5) is 0 Å². The minimum atomic E-state index is -0.880. The average molecular weight is 696 g/mol. The van der Waals surface area contributed by atoms with Crippen LogP contribution in [0.1, 0.15) is 194 Å². The summed E-state index contributed by atoms with van der Waals surface area (Å²) in [4.78, 5) is 12.3. The lowest BCUT2D eigenvalue weighted by atomic mass is 10.0. The van der Waals surface area contributed by atoms with Gasteiger partial charge in [-0.1, -0.05) is 183 Å². The molecule has 0 aromatic rings. The molecule has 288 valence electrons. The standard InChI is InChI=1S/C46H81NO3/c1-3-5-7-9-11-13-15-17-19-20-21-22-23-24-25-26-28-29-31-33-35-37-39-41-45(49)44(43-48)47-46(50)42-40-38-36-34-32-30-27-18-16-14-12-10-8-6-4-2/h6,8,12,14,18,25-27,31,33,39,41,44-45,48-49H,3-5,7,9-11,13,15-17,19-24,28-30,32,34-38,40,42-43H2,1-2H3,(H,47,50)/b8-6-,14-12-,26-25+,27-18-,33-31+,41-39+. The van der Waals surface area contributed by atoms with Crippen molar-refractivity contribution in [1.82, 2.24) is 5.32 Å². The molecule has 0 aliphatic rings. The molecule has 4 heteroatoms. The Morgan fingerprint density at radius 3 is 1.40 bits per heavy atom. The molecule has 0 rings (SSSR count). The highest BCUT2D eigenvalue weighted by atomic mass is 16.3. The summed E-state index contributed by atoms with van der Waals surface area (Å²) >= 11 is 0. The van der Waals surface area contributed by atoms with Crippen molar-refractivity contribution in [3.8, 4) is 0 Å². The van der Waals surface area contributed by atoms with Crippen molar-refractivity contribution in [3.63, 3.8) is 0 Å². The molecule has 2 atom stereocenters. The third kappa shape index (κ3) is 37.1. The van der Waals surface area contributed by atoms with Gasteiger partial charge in [0, 0.05) is 6.42 Å². The highest BCUT2D eigenvalue weighted by Crippen LogP contribution is 2.13. The maximum atomic E-state index is 12.3. The Kier molecular flexibility index (Phi) is 39.5. The molecule has 0 saturated heterocycles. The third-order valence-electron chi connectivity index (χ3n) is 9.15. The number of hydrogen-bond acceptors (Lipinski definition) is 3. The Morgan fingerprint density at radius 1 is 0.500 bits per heavy atom. The molecule has 0 radical (unpaired) electrons. The van der Waals surface area contributed by atoms with Crippen LogP contribution in [0, 0.1) is 0 Å². The second kappa shape index (κ2) is 41.3. The molecule has 0 heterocycles. The van der Waals surface area contributed by atoms with Crippen LogP contribution < -0.4 is 5.32 Å². The van der Waals surface area contributed by atoms with Crippen LogP contribution in [-0.4, -0.2) is 34.9 Å². The van der Waals surface area contributed by atoms with E-state index in [1.165, 1.54) is 103 Å². The molecule has 1 amide bonds. The first-order valence-electron chi connectivity index (χ1n) is 21.2. The minimum absolute atomic E-state index is 0.0981. The van der Waals surface area contributed by atoms with Crippen LogP contribution in [0.25, 0.3) is 0 Å². The SMILES string of the molecule is CC/C=C\C/C=C\C/C=C\CCCCCCCC(=O)NC(CO)C(O)/C=C/CC/C=C/CC/C=C/CCCCCCCCCCCCCCC. The van der Waals surface area contributed by atoms with Crippen LogP contribution in [-0.2, 0) is 4.79 Å². The smallest absolute Gasteiger partial charge is 0.220 e. The van der Waals surface area contributed by atoms with Crippen molar-refractivity contribution >= 4 is 5.91 Å². The lowest BCUT2D eigenvalue weighted by molar-refractivity contribution is -0.123. The fraction of sp³-hybridized carbons (Fsp3) is 0.717. The summed E-state index contributed by atoms with van der Waals surface area (Å²) in [6.07, 6.45) is 58.7. The Hall–Kier alpha value is -2.17. The number of unbranched alkanes of at least 4 members (excludes halogenated alkanes) is 20. The van der Waals surface area contributed by atoms with Gasteiger partial charge in [-0.25, -0.2) is 0 Å². The van der Waals surface area contributed by atoms with Gasteiger partial charge in [0.15, 0.2) is 0 Å². The van der Waals surface area contributed by atoms with Crippen molar-refractivity contribution < 1.29 is 15.0 Å².